The molecule has 58 heavy (non-hydrogen) atoms. The zero-order valence-corrected chi connectivity index (χ0v) is 36.6. The summed E-state index contributed by atoms with van der Waals surface area (Å²) in [5.41, 5.74) is 5.51. The molecule has 1 saturated carbocycles. The van der Waals surface area contributed by atoms with Crippen molar-refractivity contribution >= 4 is 62.8 Å². The van der Waals surface area contributed by atoms with Gasteiger partial charge in [-0.15, -0.1) is 0 Å². The van der Waals surface area contributed by atoms with Gasteiger partial charge in [0, 0.05) is 61.4 Å². The number of nitrogens with zero attached hydrogens (tertiary/aromatic N) is 1. The number of hydrogen-bond donors (Lipinski definition) is 2. The van der Waals surface area contributed by atoms with E-state index < -0.39 is 77.2 Å². The normalized spacial score (nSPS) is 18.8. The highest BCUT2D eigenvalue weighted by Crippen LogP contribution is 2.36. The first kappa shape index (κ1) is 48.6. The van der Waals surface area contributed by atoms with Gasteiger partial charge in [0.15, 0.2) is 11.6 Å². The second-order valence-electron chi connectivity index (χ2n) is 16.9. The smallest absolute Gasteiger partial charge is 0.332 e. The minimum Gasteiger partial charge on any atom is -0.458 e. The van der Waals surface area contributed by atoms with Crippen LogP contribution in [-0.2, 0) is 54.3 Å². The van der Waals surface area contributed by atoms with Crippen LogP contribution in [0.2, 0.25) is 0 Å². The summed E-state index contributed by atoms with van der Waals surface area (Å²) in [6.45, 7) is 8.59. The lowest BCUT2D eigenvalue weighted by molar-refractivity contribution is -0.162. The third-order valence-electron chi connectivity index (χ3n) is 10.9. The standard InChI is InChI=1S/C44H64BrN3O10/c1-6-8-15-35(42(46)55)47-39(52)21-20-37(50)41(54)30(12-7-2)23-38(51)36-25-33(57-27-40(53)58-44(3,4)5)26-48(36)43(56)34(29-13-10-9-11-14-29)24-32(49)22-28-16-18-31(45)19-17-28/h16-19,29-30,33-36H,6-15,20-27H2,1-5H3,(H2,46,55)(H,47,52)/t30?,33-,34?,35?,36+/m1/s1. The molecule has 0 spiro atoms. The van der Waals surface area contributed by atoms with Gasteiger partial charge in [0.25, 0.3) is 0 Å². The van der Waals surface area contributed by atoms with Crippen LogP contribution in [0.3, 0.4) is 0 Å². The summed E-state index contributed by atoms with van der Waals surface area (Å²) in [7, 11) is 0. The number of halogens is 1. The number of carbonyl (C=O) groups is 8. The molecule has 2 fully saturated rings. The molecule has 13 nitrogen and oxygen atoms in total. The highest BCUT2D eigenvalue weighted by Gasteiger charge is 2.45. The van der Waals surface area contributed by atoms with Crippen molar-refractivity contribution in [3.05, 3.63) is 34.3 Å². The van der Waals surface area contributed by atoms with E-state index in [0.717, 1.165) is 48.6 Å². The lowest BCUT2D eigenvalue weighted by Crippen LogP contribution is -2.47. The molecule has 1 aromatic carbocycles. The van der Waals surface area contributed by atoms with Crippen molar-refractivity contribution in [2.24, 2.45) is 23.5 Å². The summed E-state index contributed by atoms with van der Waals surface area (Å²) in [6, 6.07) is 5.57. The minimum absolute atomic E-state index is 0.00709. The highest BCUT2D eigenvalue weighted by molar-refractivity contribution is 9.10. The molecule has 0 bridgehead atoms. The third kappa shape index (κ3) is 16.1. The van der Waals surface area contributed by atoms with Crippen LogP contribution in [0.25, 0.3) is 0 Å². The zero-order valence-electron chi connectivity index (χ0n) is 35.0. The first-order valence-electron chi connectivity index (χ1n) is 21.0. The van der Waals surface area contributed by atoms with Crippen molar-refractivity contribution in [3.8, 4) is 0 Å². The number of Topliss-reactive ketones (excluding diaryl/α,β-unsaturated/α-hetero) is 4. The van der Waals surface area contributed by atoms with Crippen molar-refractivity contribution in [1.29, 1.82) is 0 Å². The molecule has 322 valence electrons. The monoisotopic (exact) mass is 873 g/mol. The Morgan fingerprint density at radius 3 is 2.19 bits per heavy atom. The molecule has 3 amide bonds. The molecule has 14 heteroatoms. The highest BCUT2D eigenvalue weighted by atomic mass is 79.9. The summed E-state index contributed by atoms with van der Waals surface area (Å²) in [6.07, 6.45) is 5.54. The number of hydrogen-bond acceptors (Lipinski definition) is 10. The number of unbranched alkanes of at least 4 members (excludes halogenated alkanes) is 1. The number of benzene rings is 1. The second kappa shape index (κ2) is 23.7. The Kier molecular flexibility index (Phi) is 19.9. The number of nitrogens with one attached hydrogen (secondary N) is 1. The van der Waals surface area contributed by atoms with Crippen molar-refractivity contribution < 1.29 is 47.8 Å². The molecular formula is C44H64BrN3O10. The Hall–Kier alpha value is -3.78. The van der Waals surface area contributed by atoms with Gasteiger partial charge < -0.3 is 25.4 Å². The van der Waals surface area contributed by atoms with Crippen LogP contribution < -0.4 is 11.1 Å². The van der Waals surface area contributed by atoms with Gasteiger partial charge in [-0.25, -0.2) is 4.79 Å². The predicted molar refractivity (Wildman–Crippen MR) is 221 cm³/mol. The summed E-state index contributed by atoms with van der Waals surface area (Å²) < 4.78 is 12.2. The van der Waals surface area contributed by atoms with Gasteiger partial charge in [-0.05, 0) is 70.1 Å². The van der Waals surface area contributed by atoms with Crippen LogP contribution in [-0.4, -0.2) is 88.7 Å². The van der Waals surface area contributed by atoms with Crippen LogP contribution in [0.15, 0.2) is 28.7 Å². The fourth-order valence-electron chi connectivity index (χ4n) is 7.97. The maximum Gasteiger partial charge on any atom is 0.332 e. The maximum absolute atomic E-state index is 14.7. The van der Waals surface area contributed by atoms with Gasteiger partial charge in [-0.3, -0.25) is 33.6 Å². The fourth-order valence-corrected chi connectivity index (χ4v) is 8.23. The molecule has 0 aromatic heterocycles. The molecule has 1 aromatic rings. The Balaban J connectivity index is 1.81. The Morgan fingerprint density at radius 1 is 0.914 bits per heavy atom. The number of nitrogens with two attached hydrogens (primary N) is 1. The summed E-state index contributed by atoms with van der Waals surface area (Å²) >= 11 is 3.42. The topological polar surface area (TPSA) is 196 Å². The van der Waals surface area contributed by atoms with E-state index in [0.29, 0.717) is 19.3 Å². The molecular weight excluding hydrogens is 810 g/mol. The number of amides is 3. The lowest BCUT2D eigenvalue weighted by Gasteiger charge is -2.34. The van der Waals surface area contributed by atoms with E-state index in [-0.39, 0.29) is 69.3 Å². The molecule has 1 aliphatic carbocycles. The van der Waals surface area contributed by atoms with Gasteiger partial charge in [0.05, 0.1) is 12.1 Å². The van der Waals surface area contributed by atoms with Crippen molar-refractivity contribution in [2.45, 2.75) is 161 Å². The van der Waals surface area contributed by atoms with Crippen molar-refractivity contribution in [2.75, 3.05) is 13.2 Å². The van der Waals surface area contributed by atoms with E-state index in [4.69, 9.17) is 15.2 Å². The molecule has 0 radical (unpaired) electrons. The van der Waals surface area contributed by atoms with Crippen LogP contribution >= 0.6 is 15.9 Å². The van der Waals surface area contributed by atoms with Crippen LogP contribution in [0.4, 0.5) is 0 Å². The first-order valence-corrected chi connectivity index (χ1v) is 21.8. The quantitative estimate of drug-likeness (QED) is 0.0929. The SMILES string of the molecule is CCCCC(NC(=O)CCC(=O)C(=O)C(CCC)CC(=O)[C@@H]1C[C@@H](OCC(=O)OC(C)(C)C)CN1C(=O)C(CC(=O)Cc1ccc(Br)cc1)C1CCCCC1)C(N)=O. The van der Waals surface area contributed by atoms with E-state index in [1.54, 1.807) is 20.8 Å². The lowest BCUT2D eigenvalue weighted by atomic mass is 9.76. The van der Waals surface area contributed by atoms with Gasteiger partial charge in [0.1, 0.15) is 24.0 Å². The molecule has 1 heterocycles. The van der Waals surface area contributed by atoms with Gasteiger partial charge in [-0.2, -0.15) is 0 Å². The van der Waals surface area contributed by atoms with Crippen LogP contribution in [0, 0.1) is 17.8 Å². The van der Waals surface area contributed by atoms with Crippen molar-refractivity contribution in [1.82, 2.24) is 10.2 Å². The van der Waals surface area contributed by atoms with E-state index in [1.807, 2.05) is 38.1 Å². The van der Waals surface area contributed by atoms with Crippen molar-refractivity contribution in [3.63, 3.8) is 0 Å². The second-order valence-corrected chi connectivity index (χ2v) is 17.8. The minimum atomic E-state index is -1.01. The number of rotatable bonds is 24. The van der Waals surface area contributed by atoms with Gasteiger partial charge in [0.2, 0.25) is 23.5 Å². The Bertz CT molecular complexity index is 1600. The number of likely N-dealkylation sites (tertiary alicyclic amines) is 1. The molecule has 3 unspecified atom stereocenters. The van der Waals surface area contributed by atoms with E-state index in [9.17, 15) is 38.4 Å². The maximum atomic E-state index is 14.7. The molecule has 3 rings (SSSR count). The molecule has 1 saturated heterocycles. The first-order chi connectivity index (χ1) is 27.4. The van der Waals surface area contributed by atoms with Gasteiger partial charge >= 0.3 is 5.97 Å². The molecule has 5 atom stereocenters. The zero-order chi connectivity index (χ0) is 43.0. The molecule has 1 aliphatic heterocycles. The largest absolute Gasteiger partial charge is 0.458 e. The Labute approximate surface area is 351 Å². The van der Waals surface area contributed by atoms with Crippen LogP contribution in [0.1, 0.15) is 136 Å². The number of ketones is 4. The average molecular weight is 875 g/mol. The summed E-state index contributed by atoms with van der Waals surface area (Å²) in [5.74, 6) is -5.95. The van der Waals surface area contributed by atoms with E-state index in [2.05, 4.69) is 21.2 Å². The molecule has 3 N–H and O–H groups in total. The number of carbonyl (C=O) groups excluding carboxylic acids is 8. The Morgan fingerprint density at radius 2 is 1.59 bits per heavy atom. The fraction of sp³-hybridized carbons (Fsp3) is 0.682. The van der Waals surface area contributed by atoms with E-state index in [1.165, 1.54) is 4.90 Å². The average Bonchev–Trinajstić information content (AvgIpc) is 3.61. The van der Waals surface area contributed by atoms with Gasteiger partial charge in [-0.1, -0.05) is 80.4 Å². The number of ether oxygens (including phenoxy) is 2. The third-order valence-corrected chi connectivity index (χ3v) is 11.4. The summed E-state index contributed by atoms with van der Waals surface area (Å²) in [5, 5.41) is 2.54. The van der Waals surface area contributed by atoms with Crippen LogP contribution in [0.5, 0.6) is 0 Å². The number of esters is 1. The summed E-state index contributed by atoms with van der Waals surface area (Å²) in [4.78, 5) is 108. The van der Waals surface area contributed by atoms with E-state index >= 15 is 0 Å². The molecule has 2 aliphatic rings. The predicted octanol–water partition coefficient (Wildman–Crippen LogP) is 5.93. The number of primary amides is 1.